The smallest absolute Gasteiger partial charge is 0.300 e. The third kappa shape index (κ3) is 29.3. The van der Waals surface area contributed by atoms with Crippen LogP contribution in [0.15, 0.2) is 36.5 Å². The Morgan fingerprint density at radius 2 is 1.28 bits per heavy atom. The molecule has 0 saturated heterocycles. The van der Waals surface area contributed by atoms with E-state index in [4.69, 9.17) is 9.90 Å². The van der Waals surface area contributed by atoms with Crippen LogP contribution in [0.2, 0.25) is 0 Å². The predicted octanol–water partition coefficient (Wildman–Crippen LogP) is 5.13. The summed E-state index contributed by atoms with van der Waals surface area (Å²) in [6, 6.07) is 0. The molecule has 0 aliphatic heterocycles. The van der Waals surface area contributed by atoms with Crippen LogP contribution in [0.25, 0.3) is 0 Å². The van der Waals surface area contributed by atoms with Gasteiger partial charge in [0.1, 0.15) is 0 Å². The maximum atomic E-state index is 9.00. The van der Waals surface area contributed by atoms with Gasteiger partial charge in [0.05, 0.1) is 0 Å². The maximum Gasteiger partial charge on any atom is 0.300 e. The highest BCUT2D eigenvalue weighted by molar-refractivity contribution is 5.62. The summed E-state index contributed by atoms with van der Waals surface area (Å²) in [5.74, 6) is -0.833. The number of carboxylic acids is 1. The fourth-order valence-electron chi connectivity index (χ4n) is 1.19. The molecule has 0 amide bonds. The molecule has 0 aromatic carbocycles. The third-order valence-corrected chi connectivity index (χ3v) is 1.99. The number of allylic oxidation sites excluding steroid dienone is 6. The Labute approximate surface area is 112 Å². The predicted molar refractivity (Wildman–Crippen MR) is 79.8 cm³/mol. The van der Waals surface area contributed by atoms with Crippen LogP contribution in [0.3, 0.4) is 0 Å². The minimum Gasteiger partial charge on any atom is -0.481 e. The van der Waals surface area contributed by atoms with Crippen LogP contribution in [0.4, 0.5) is 0 Å². The van der Waals surface area contributed by atoms with E-state index < -0.39 is 5.97 Å². The van der Waals surface area contributed by atoms with Crippen molar-refractivity contribution in [1.82, 2.24) is 0 Å². The number of hydrogen-bond donors (Lipinski definition) is 1. The second kappa shape index (κ2) is 18.1. The van der Waals surface area contributed by atoms with E-state index in [2.05, 4.69) is 50.3 Å². The molecule has 2 heteroatoms. The Hall–Kier alpha value is -1.31. The van der Waals surface area contributed by atoms with E-state index >= 15 is 0 Å². The summed E-state index contributed by atoms with van der Waals surface area (Å²) in [5.41, 5.74) is 0. The van der Waals surface area contributed by atoms with Crippen molar-refractivity contribution in [3.8, 4) is 0 Å². The normalized spacial score (nSPS) is 11.1. The van der Waals surface area contributed by atoms with Crippen LogP contribution in [0.1, 0.15) is 59.3 Å². The molecular weight excluding hydrogens is 224 g/mol. The number of aliphatic carboxylic acids is 1. The van der Waals surface area contributed by atoms with Gasteiger partial charge in [0.15, 0.2) is 0 Å². The first kappa shape index (κ1) is 19.0. The van der Waals surface area contributed by atoms with Crippen molar-refractivity contribution in [1.29, 1.82) is 0 Å². The van der Waals surface area contributed by atoms with E-state index in [1.807, 2.05) is 0 Å². The highest BCUT2D eigenvalue weighted by Crippen LogP contribution is 1.99. The van der Waals surface area contributed by atoms with Gasteiger partial charge in [-0.25, -0.2) is 0 Å². The monoisotopic (exact) mass is 252 g/mol. The molecule has 18 heavy (non-hydrogen) atoms. The minimum atomic E-state index is -0.833. The van der Waals surface area contributed by atoms with Crippen LogP contribution < -0.4 is 0 Å². The first-order chi connectivity index (χ1) is 8.65. The largest absolute Gasteiger partial charge is 0.481 e. The molecular formula is C16H28O2. The Bertz CT molecular complexity index is 246. The second-order valence-corrected chi connectivity index (χ2v) is 3.92. The van der Waals surface area contributed by atoms with Gasteiger partial charge in [-0.3, -0.25) is 4.79 Å². The van der Waals surface area contributed by atoms with Crippen molar-refractivity contribution >= 4 is 5.97 Å². The van der Waals surface area contributed by atoms with Crippen molar-refractivity contribution in [2.75, 3.05) is 0 Å². The average Bonchev–Trinajstić information content (AvgIpc) is 2.31. The molecule has 2 nitrogen and oxygen atoms in total. The maximum absolute atomic E-state index is 9.00. The summed E-state index contributed by atoms with van der Waals surface area (Å²) in [4.78, 5) is 9.00. The number of carbonyl (C=O) groups is 1. The van der Waals surface area contributed by atoms with Crippen molar-refractivity contribution in [2.45, 2.75) is 59.3 Å². The van der Waals surface area contributed by atoms with Gasteiger partial charge in [0.25, 0.3) is 5.97 Å². The fourth-order valence-corrected chi connectivity index (χ4v) is 1.19. The lowest BCUT2D eigenvalue weighted by Crippen LogP contribution is -1.78. The molecule has 0 bridgehead atoms. The molecule has 0 unspecified atom stereocenters. The van der Waals surface area contributed by atoms with Crippen molar-refractivity contribution < 1.29 is 9.90 Å². The molecule has 0 heterocycles. The van der Waals surface area contributed by atoms with Crippen molar-refractivity contribution in [3.05, 3.63) is 36.5 Å². The Balaban J connectivity index is 0. The zero-order valence-electron chi connectivity index (χ0n) is 12.1. The molecule has 0 spiro atoms. The zero-order chi connectivity index (χ0) is 14.1. The van der Waals surface area contributed by atoms with Gasteiger partial charge in [0, 0.05) is 6.92 Å². The molecule has 0 aromatic heterocycles. The molecule has 0 aliphatic rings. The number of rotatable bonds is 8. The number of carboxylic acid groups (broad SMARTS) is 1. The Kier molecular flexibility index (Phi) is 19.1. The van der Waals surface area contributed by atoms with Crippen LogP contribution in [0.5, 0.6) is 0 Å². The number of hydrogen-bond acceptors (Lipinski definition) is 1. The molecule has 0 aromatic rings. The van der Waals surface area contributed by atoms with Gasteiger partial charge in [-0.05, 0) is 38.5 Å². The molecule has 0 saturated carbocycles. The van der Waals surface area contributed by atoms with Gasteiger partial charge in [-0.1, -0.05) is 50.3 Å². The lowest BCUT2D eigenvalue weighted by Gasteiger charge is -1.89. The summed E-state index contributed by atoms with van der Waals surface area (Å²) in [5, 5.41) is 7.42. The minimum absolute atomic E-state index is 0.833. The van der Waals surface area contributed by atoms with E-state index in [0.29, 0.717) is 0 Å². The van der Waals surface area contributed by atoms with Gasteiger partial charge in [-0.15, -0.1) is 0 Å². The van der Waals surface area contributed by atoms with E-state index in [0.717, 1.165) is 26.2 Å². The first-order valence-electron chi connectivity index (χ1n) is 6.79. The summed E-state index contributed by atoms with van der Waals surface area (Å²) in [7, 11) is 0. The topological polar surface area (TPSA) is 37.3 Å². The van der Waals surface area contributed by atoms with Crippen LogP contribution in [-0.4, -0.2) is 11.1 Å². The second-order valence-electron chi connectivity index (χ2n) is 3.92. The number of unbranched alkanes of at least 4 members (excludes halogenated alkanes) is 2. The van der Waals surface area contributed by atoms with E-state index in [1.54, 1.807) is 0 Å². The fraction of sp³-hybridized carbons (Fsp3) is 0.562. The summed E-state index contributed by atoms with van der Waals surface area (Å²) < 4.78 is 0. The average molecular weight is 252 g/mol. The third-order valence-electron chi connectivity index (χ3n) is 1.99. The summed E-state index contributed by atoms with van der Waals surface area (Å²) in [6.07, 6.45) is 20.7. The highest BCUT2D eigenvalue weighted by Gasteiger charge is 1.79. The standard InChI is InChI=1S/C14H24.C2H4O2/c1-3-5-7-9-11-13-14-12-10-8-6-4-2;1-2(3)4/h5-8,11,13H,3-4,9-10,12,14H2,1-2H3;1H3,(H,3,4)/b7-5-,8-6+,13-11-;. The Morgan fingerprint density at radius 1 is 0.889 bits per heavy atom. The van der Waals surface area contributed by atoms with Crippen LogP contribution in [-0.2, 0) is 4.79 Å². The van der Waals surface area contributed by atoms with Crippen molar-refractivity contribution in [3.63, 3.8) is 0 Å². The van der Waals surface area contributed by atoms with Crippen molar-refractivity contribution in [2.24, 2.45) is 0 Å². The van der Waals surface area contributed by atoms with Crippen LogP contribution in [0, 0.1) is 0 Å². The molecule has 0 rings (SSSR count). The van der Waals surface area contributed by atoms with E-state index in [9.17, 15) is 0 Å². The van der Waals surface area contributed by atoms with Gasteiger partial charge >= 0.3 is 0 Å². The lowest BCUT2D eigenvalue weighted by atomic mass is 10.2. The highest BCUT2D eigenvalue weighted by atomic mass is 16.4. The quantitative estimate of drug-likeness (QED) is 0.480. The van der Waals surface area contributed by atoms with Gasteiger partial charge < -0.3 is 5.11 Å². The Morgan fingerprint density at radius 3 is 1.78 bits per heavy atom. The molecule has 0 radical (unpaired) electrons. The zero-order valence-corrected chi connectivity index (χ0v) is 12.1. The summed E-state index contributed by atoms with van der Waals surface area (Å²) in [6.45, 7) is 5.43. The van der Waals surface area contributed by atoms with Gasteiger partial charge in [0.2, 0.25) is 0 Å². The molecule has 104 valence electrons. The van der Waals surface area contributed by atoms with Crippen LogP contribution >= 0.6 is 0 Å². The SMILES string of the molecule is CC(=O)O.CC/C=C\C/C=C\CCC/C=C/CC. The first-order valence-corrected chi connectivity index (χ1v) is 6.79. The lowest BCUT2D eigenvalue weighted by molar-refractivity contribution is -0.134. The molecule has 1 N–H and O–H groups in total. The molecule has 0 atom stereocenters. The van der Waals surface area contributed by atoms with E-state index in [1.165, 1.54) is 19.3 Å². The van der Waals surface area contributed by atoms with E-state index in [-0.39, 0.29) is 0 Å². The van der Waals surface area contributed by atoms with Gasteiger partial charge in [-0.2, -0.15) is 0 Å². The molecule has 0 aliphatic carbocycles. The molecule has 0 fully saturated rings. The summed E-state index contributed by atoms with van der Waals surface area (Å²) >= 11 is 0.